The van der Waals surface area contributed by atoms with E-state index in [9.17, 15) is 0 Å². The van der Waals surface area contributed by atoms with Crippen LogP contribution in [0.4, 0.5) is 0 Å². The van der Waals surface area contributed by atoms with Gasteiger partial charge in [-0.2, -0.15) is 0 Å². The first-order valence-corrected chi connectivity index (χ1v) is 4.87. The van der Waals surface area contributed by atoms with Crippen molar-refractivity contribution >= 4 is 29.9 Å². The van der Waals surface area contributed by atoms with E-state index in [2.05, 4.69) is 15.5 Å². The van der Waals surface area contributed by atoms with Gasteiger partial charge in [0.05, 0.1) is 5.69 Å². The van der Waals surface area contributed by atoms with Crippen LogP contribution in [0.5, 0.6) is 0 Å². The fourth-order valence-electron chi connectivity index (χ4n) is 1.08. The highest BCUT2D eigenvalue weighted by molar-refractivity contribution is 14.0. The number of halogens is 1. The number of guanidine groups is 1. The lowest BCUT2D eigenvalue weighted by molar-refractivity contribution is 0.381. The van der Waals surface area contributed by atoms with E-state index in [1.54, 1.807) is 0 Å². The Bertz CT molecular complexity index is 354. The Hall–Kier alpha value is -0.790. The van der Waals surface area contributed by atoms with Gasteiger partial charge in [-0.15, -0.1) is 24.0 Å². The normalized spacial score (nSPS) is 12.1. The third kappa shape index (κ3) is 5.94. The van der Waals surface area contributed by atoms with E-state index >= 15 is 0 Å². The molecule has 0 amide bonds. The molecule has 0 saturated carbocycles. The van der Waals surface area contributed by atoms with E-state index in [4.69, 9.17) is 10.3 Å². The summed E-state index contributed by atoms with van der Waals surface area (Å²) in [6.07, 6.45) is 0. The first kappa shape index (κ1) is 15.2. The van der Waals surface area contributed by atoms with Crippen LogP contribution in [0.2, 0.25) is 0 Å². The van der Waals surface area contributed by atoms with Crippen LogP contribution in [-0.2, 0) is 6.54 Å². The zero-order valence-corrected chi connectivity index (χ0v) is 12.4. The number of rotatable bonds is 2. The van der Waals surface area contributed by atoms with Crippen molar-refractivity contribution in [3.05, 3.63) is 17.5 Å². The second-order valence-corrected chi connectivity index (χ2v) is 4.51. The number of nitrogens with zero attached hydrogens (tertiary/aromatic N) is 2. The summed E-state index contributed by atoms with van der Waals surface area (Å²) < 4.78 is 5.00. The maximum absolute atomic E-state index is 5.69. The Morgan fingerprint density at radius 3 is 2.62 bits per heavy atom. The van der Waals surface area contributed by atoms with Gasteiger partial charge in [0.25, 0.3) is 0 Å². The minimum absolute atomic E-state index is 0. The minimum Gasteiger partial charge on any atom is -0.370 e. The van der Waals surface area contributed by atoms with Crippen molar-refractivity contribution in [3.8, 4) is 0 Å². The molecule has 0 aliphatic heterocycles. The molecule has 0 aliphatic carbocycles. The summed E-state index contributed by atoms with van der Waals surface area (Å²) in [5.41, 5.74) is 6.46. The Morgan fingerprint density at radius 1 is 1.56 bits per heavy atom. The lowest BCUT2D eigenvalue weighted by Crippen LogP contribution is -2.44. The van der Waals surface area contributed by atoms with Crippen LogP contribution < -0.4 is 11.1 Å². The van der Waals surface area contributed by atoms with Crippen LogP contribution in [0.1, 0.15) is 32.2 Å². The molecule has 0 unspecified atom stereocenters. The Kier molecular flexibility index (Phi) is 5.77. The molecule has 0 aromatic carbocycles. The van der Waals surface area contributed by atoms with Crippen LogP contribution in [-0.4, -0.2) is 16.7 Å². The fourth-order valence-corrected chi connectivity index (χ4v) is 1.08. The molecular weight excluding hydrogens is 319 g/mol. The van der Waals surface area contributed by atoms with Crippen LogP contribution in [0.25, 0.3) is 0 Å². The average molecular weight is 338 g/mol. The lowest BCUT2D eigenvalue weighted by atomic mass is 10.1. The molecule has 5 nitrogen and oxygen atoms in total. The van der Waals surface area contributed by atoms with Gasteiger partial charge in [0.2, 0.25) is 0 Å². The smallest absolute Gasteiger partial charge is 0.189 e. The van der Waals surface area contributed by atoms with Gasteiger partial charge in [-0.05, 0) is 27.7 Å². The van der Waals surface area contributed by atoms with E-state index in [0.29, 0.717) is 18.3 Å². The summed E-state index contributed by atoms with van der Waals surface area (Å²) in [5.74, 6) is 1.13. The number of hydrogen-bond acceptors (Lipinski definition) is 3. The van der Waals surface area contributed by atoms with Crippen molar-refractivity contribution < 1.29 is 4.52 Å². The zero-order valence-electron chi connectivity index (χ0n) is 10.1. The van der Waals surface area contributed by atoms with Gasteiger partial charge in [0.1, 0.15) is 6.54 Å². The molecule has 0 fully saturated rings. The average Bonchev–Trinajstić information content (AvgIpc) is 2.45. The van der Waals surface area contributed by atoms with Gasteiger partial charge >= 0.3 is 0 Å². The third-order valence-corrected chi connectivity index (χ3v) is 1.59. The second kappa shape index (κ2) is 6.07. The standard InChI is InChI=1S/C10H18N4O.HI/c1-7-5-8(15-14-7)6-12-9(11)13-10(2,3)4;/h5H,6H2,1-4H3,(H3,11,12,13);1H. The summed E-state index contributed by atoms with van der Waals surface area (Å²) in [6.45, 7) is 8.35. The molecule has 0 atom stereocenters. The summed E-state index contributed by atoms with van der Waals surface area (Å²) in [6, 6.07) is 1.84. The molecule has 0 bridgehead atoms. The molecule has 1 aromatic heterocycles. The van der Waals surface area contributed by atoms with Crippen molar-refractivity contribution in [2.75, 3.05) is 0 Å². The molecule has 1 rings (SSSR count). The second-order valence-electron chi connectivity index (χ2n) is 4.51. The molecule has 92 valence electrons. The van der Waals surface area contributed by atoms with Crippen LogP contribution in [0, 0.1) is 6.92 Å². The summed E-state index contributed by atoms with van der Waals surface area (Å²) in [4.78, 5) is 4.14. The molecule has 16 heavy (non-hydrogen) atoms. The quantitative estimate of drug-likeness (QED) is 0.490. The van der Waals surface area contributed by atoms with E-state index < -0.39 is 0 Å². The Labute approximate surface area is 113 Å². The molecule has 6 heteroatoms. The highest BCUT2D eigenvalue weighted by atomic mass is 127. The first-order valence-electron chi connectivity index (χ1n) is 4.87. The number of hydrogen-bond donors (Lipinski definition) is 2. The number of aromatic nitrogens is 1. The van der Waals surface area contributed by atoms with Gasteiger partial charge in [-0.1, -0.05) is 5.16 Å². The highest BCUT2D eigenvalue weighted by Crippen LogP contribution is 2.03. The Balaban J connectivity index is 0.00000225. The molecule has 0 radical (unpaired) electrons. The van der Waals surface area contributed by atoms with Gasteiger partial charge in [-0.3, -0.25) is 0 Å². The van der Waals surface area contributed by atoms with Gasteiger partial charge in [-0.25, -0.2) is 4.99 Å². The number of aryl methyl sites for hydroxylation is 1. The lowest BCUT2D eigenvalue weighted by Gasteiger charge is -2.20. The monoisotopic (exact) mass is 338 g/mol. The molecule has 0 aliphatic rings. The number of aliphatic imine (C=N–C) groups is 1. The minimum atomic E-state index is -0.0785. The highest BCUT2D eigenvalue weighted by Gasteiger charge is 2.09. The molecule has 0 spiro atoms. The molecule has 3 N–H and O–H groups in total. The van der Waals surface area contributed by atoms with E-state index in [1.807, 2.05) is 33.8 Å². The summed E-state index contributed by atoms with van der Waals surface area (Å²) in [5, 5.41) is 6.83. The van der Waals surface area contributed by atoms with Crippen molar-refractivity contribution in [3.63, 3.8) is 0 Å². The molecular formula is C10H19IN4O. The number of nitrogens with one attached hydrogen (secondary N) is 1. The summed E-state index contributed by atoms with van der Waals surface area (Å²) >= 11 is 0. The van der Waals surface area contributed by atoms with Crippen molar-refractivity contribution in [2.24, 2.45) is 10.7 Å². The topological polar surface area (TPSA) is 76.4 Å². The van der Waals surface area contributed by atoms with Gasteiger partial charge in [0, 0.05) is 11.6 Å². The predicted molar refractivity (Wildman–Crippen MR) is 74.9 cm³/mol. The molecule has 0 saturated heterocycles. The summed E-state index contributed by atoms with van der Waals surface area (Å²) in [7, 11) is 0. The zero-order chi connectivity index (χ0) is 11.5. The SMILES string of the molecule is Cc1cc(CN=C(N)NC(C)(C)C)on1.I. The van der Waals surface area contributed by atoms with Crippen LogP contribution in [0.3, 0.4) is 0 Å². The van der Waals surface area contributed by atoms with Gasteiger partial charge < -0.3 is 15.6 Å². The first-order chi connectivity index (χ1) is 6.87. The third-order valence-electron chi connectivity index (χ3n) is 1.59. The van der Waals surface area contributed by atoms with E-state index in [1.165, 1.54) is 0 Å². The van der Waals surface area contributed by atoms with Gasteiger partial charge in [0.15, 0.2) is 11.7 Å². The van der Waals surface area contributed by atoms with Crippen molar-refractivity contribution in [1.82, 2.24) is 10.5 Å². The largest absolute Gasteiger partial charge is 0.370 e. The predicted octanol–water partition coefficient (Wildman–Crippen LogP) is 1.80. The van der Waals surface area contributed by atoms with E-state index in [-0.39, 0.29) is 29.5 Å². The fraction of sp³-hybridized carbons (Fsp3) is 0.600. The molecule has 1 aromatic rings. The van der Waals surface area contributed by atoms with Crippen LogP contribution in [0.15, 0.2) is 15.6 Å². The number of nitrogens with two attached hydrogens (primary N) is 1. The van der Waals surface area contributed by atoms with Crippen molar-refractivity contribution in [2.45, 2.75) is 39.8 Å². The van der Waals surface area contributed by atoms with E-state index in [0.717, 1.165) is 5.69 Å². The molecule has 1 heterocycles. The Morgan fingerprint density at radius 2 is 2.19 bits per heavy atom. The maximum Gasteiger partial charge on any atom is 0.189 e. The maximum atomic E-state index is 5.69. The van der Waals surface area contributed by atoms with Crippen LogP contribution >= 0.6 is 24.0 Å². The van der Waals surface area contributed by atoms with Crippen molar-refractivity contribution in [1.29, 1.82) is 0 Å².